The molecule has 4 atom stereocenters. The van der Waals surface area contributed by atoms with Crippen LogP contribution in [0.4, 0.5) is 0 Å². The summed E-state index contributed by atoms with van der Waals surface area (Å²) in [5, 5.41) is 36.3. The first-order chi connectivity index (χ1) is 17.8. The number of aliphatic carboxylic acids is 2. The van der Waals surface area contributed by atoms with Crippen LogP contribution in [0.15, 0.2) is 12.5 Å². The number of nitrogens with zero attached hydrogens (tertiary/aromatic N) is 1. The lowest BCUT2D eigenvalue weighted by molar-refractivity contribution is -0.144. The molecule has 0 saturated heterocycles. The van der Waals surface area contributed by atoms with Crippen molar-refractivity contribution in [3.05, 3.63) is 18.2 Å². The minimum absolute atomic E-state index is 0.135. The predicted molar refractivity (Wildman–Crippen MR) is 130 cm³/mol. The Hall–Kier alpha value is -4.05. The minimum Gasteiger partial charge on any atom is -0.481 e. The molecule has 0 aliphatic heterocycles. The van der Waals surface area contributed by atoms with E-state index in [9.17, 15) is 28.8 Å². The van der Waals surface area contributed by atoms with Gasteiger partial charge in [0, 0.05) is 19.0 Å². The van der Waals surface area contributed by atoms with Crippen molar-refractivity contribution in [1.29, 1.82) is 0 Å². The number of H-pyrrole nitrogens is 1. The molecular weight excluding hydrogens is 506 g/mol. The second kappa shape index (κ2) is 15.9. The molecule has 0 aliphatic rings. The second-order valence-electron chi connectivity index (χ2n) is 8.91. The van der Waals surface area contributed by atoms with Gasteiger partial charge in [-0.1, -0.05) is 13.8 Å². The Labute approximate surface area is 218 Å². The van der Waals surface area contributed by atoms with Gasteiger partial charge in [0.05, 0.1) is 31.2 Å². The third-order valence-electron chi connectivity index (χ3n) is 5.18. The number of aliphatic hydroxyl groups is 1. The van der Waals surface area contributed by atoms with Gasteiger partial charge in [-0.15, -0.1) is 0 Å². The Kier molecular flexibility index (Phi) is 13.4. The van der Waals surface area contributed by atoms with E-state index in [1.54, 1.807) is 0 Å². The molecule has 10 N–H and O–H groups in total. The Morgan fingerprint density at radius 2 is 1.61 bits per heavy atom. The van der Waals surface area contributed by atoms with Gasteiger partial charge in [-0.05, 0) is 18.8 Å². The number of imidazole rings is 1. The van der Waals surface area contributed by atoms with Crippen LogP contribution in [0.5, 0.6) is 0 Å². The fourth-order valence-electron chi connectivity index (χ4n) is 3.25. The largest absolute Gasteiger partial charge is 0.481 e. The Morgan fingerprint density at radius 1 is 0.974 bits per heavy atom. The van der Waals surface area contributed by atoms with E-state index in [4.69, 9.17) is 21.1 Å². The van der Waals surface area contributed by atoms with E-state index in [2.05, 4.69) is 25.9 Å². The third-order valence-corrected chi connectivity index (χ3v) is 5.18. The van der Waals surface area contributed by atoms with E-state index in [1.165, 1.54) is 12.5 Å². The molecular formula is C22H35N7O9. The number of hydrogen-bond acceptors (Lipinski definition) is 9. The summed E-state index contributed by atoms with van der Waals surface area (Å²) in [6.07, 6.45) is 2.12. The molecule has 212 valence electrons. The summed E-state index contributed by atoms with van der Waals surface area (Å²) in [5.41, 5.74) is 6.16. The third kappa shape index (κ3) is 11.8. The van der Waals surface area contributed by atoms with Gasteiger partial charge in [-0.3, -0.25) is 24.0 Å². The van der Waals surface area contributed by atoms with Gasteiger partial charge in [0.2, 0.25) is 23.6 Å². The van der Waals surface area contributed by atoms with Crippen LogP contribution in [0.3, 0.4) is 0 Å². The SMILES string of the molecule is CC(C)C[C@H](N)C(=O)NCC(=O)N[C@@H](Cc1c[nH]cn1)C(=O)N[C@@H](CCC(=O)O)C(=O)N[C@@H](CO)C(=O)O. The van der Waals surface area contributed by atoms with Gasteiger partial charge in [0.15, 0.2) is 0 Å². The van der Waals surface area contributed by atoms with Crippen molar-refractivity contribution in [1.82, 2.24) is 31.2 Å². The standard InChI is InChI=1S/C22H35N7O9/c1-11(2)5-13(23)19(34)25-8-17(31)27-15(6-12-7-24-10-26-12)21(36)28-14(3-4-18(32)33)20(35)29-16(9-30)22(37)38/h7,10-11,13-16,30H,3-6,8-9,23H2,1-2H3,(H,24,26)(H,25,34)(H,27,31)(H,28,36)(H,29,35)(H,32,33)(H,37,38)/t13-,14-,15-,16-/m0/s1. The van der Waals surface area contributed by atoms with Crippen LogP contribution in [0.1, 0.15) is 38.8 Å². The number of aromatic amines is 1. The van der Waals surface area contributed by atoms with Crippen molar-refractivity contribution in [2.45, 2.75) is 63.7 Å². The first-order valence-electron chi connectivity index (χ1n) is 11.8. The van der Waals surface area contributed by atoms with E-state index in [0.29, 0.717) is 12.1 Å². The summed E-state index contributed by atoms with van der Waals surface area (Å²) < 4.78 is 0. The van der Waals surface area contributed by atoms with Crippen molar-refractivity contribution in [3.8, 4) is 0 Å². The molecule has 0 radical (unpaired) electrons. The van der Waals surface area contributed by atoms with Gasteiger partial charge < -0.3 is 47.3 Å². The quantitative estimate of drug-likeness (QED) is 0.0949. The van der Waals surface area contributed by atoms with Gasteiger partial charge >= 0.3 is 11.9 Å². The summed E-state index contributed by atoms with van der Waals surface area (Å²) >= 11 is 0. The van der Waals surface area contributed by atoms with Crippen LogP contribution < -0.4 is 27.0 Å². The average Bonchev–Trinajstić information content (AvgIpc) is 3.35. The highest BCUT2D eigenvalue weighted by Crippen LogP contribution is 2.05. The number of carbonyl (C=O) groups excluding carboxylic acids is 4. The number of rotatable bonds is 17. The average molecular weight is 542 g/mol. The molecule has 16 heteroatoms. The van der Waals surface area contributed by atoms with Crippen molar-refractivity contribution in [2.75, 3.05) is 13.2 Å². The number of aromatic nitrogens is 2. The molecule has 0 aromatic carbocycles. The second-order valence-corrected chi connectivity index (χ2v) is 8.91. The molecule has 0 bridgehead atoms. The number of hydrogen-bond donors (Lipinski definition) is 9. The van der Waals surface area contributed by atoms with Crippen molar-refractivity contribution in [2.24, 2.45) is 11.7 Å². The number of carbonyl (C=O) groups is 6. The molecule has 1 aromatic rings. The van der Waals surface area contributed by atoms with Crippen LogP contribution in [-0.2, 0) is 35.2 Å². The zero-order valence-electron chi connectivity index (χ0n) is 21.1. The van der Waals surface area contributed by atoms with Gasteiger partial charge in [0.1, 0.15) is 18.1 Å². The number of nitrogens with one attached hydrogen (secondary N) is 5. The molecule has 0 unspecified atom stereocenters. The molecule has 0 fully saturated rings. The number of carboxylic acid groups (broad SMARTS) is 2. The van der Waals surface area contributed by atoms with Crippen LogP contribution >= 0.6 is 0 Å². The molecule has 0 spiro atoms. The highest BCUT2D eigenvalue weighted by Gasteiger charge is 2.30. The van der Waals surface area contributed by atoms with E-state index >= 15 is 0 Å². The van der Waals surface area contributed by atoms with Gasteiger partial charge in [0.25, 0.3) is 0 Å². The molecule has 16 nitrogen and oxygen atoms in total. The molecule has 4 amide bonds. The maximum Gasteiger partial charge on any atom is 0.328 e. The number of nitrogens with two attached hydrogens (primary N) is 1. The van der Waals surface area contributed by atoms with E-state index in [-0.39, 0.29) is 12.3 Å². The highest BCUT2D eigenvalue weighted by molar-refractivity contribution is 5.94. The van der Waals surface area contributed by atoms with Crippen LogP contribution in [0.25, 0.3) is 0 Å². The smallest absolute Gasteiger partial charge is 0.328 e. The Bertz CT molecular complexity index is 968. The Balaban J connectivity index is 2.96. The number of amides is 4. The normalized spacial score (nSPS) is 14.0. The number of aliphatic hydroxyl groups excluding tert-OH is 1. The van der Waals surface area contributed by atoms with Gasteiger partial charge in [-0.25, -0.2) is 9.78 Å². The van der Waals surface area contributed by atoms with E-state index < -0.39 is 85.7 Å². The van der Waals surface area contributed by atoms with E-state index in [1.807, 2.05) is 19.2 Å². The molecule has 1 aromatic heterocycles. The summed E-state index contributed by atoms with van der Waals surface area (Å²) in [6, 6.07) is -5.32. The van der Waals surface area contributed by atoms with Crippen molar-refractivity contribution < 1.29 is 44.1 Å². The summed E-state index contributed by atoms with van der Waals surface area (Å²) in [7, 11) is 0. The number of carboxylic acids is 2. The lowest BCUT2D eigenvalue weighted by Gasteiger charge is -2.24. The Morgan fingerprint density at radius 3 is 2.13 bits per heavy atom. The van der Waals surface area contributed by atoms with Crippen LogP contribution in [-0.4, -0.2) is 98.2 Å². The zero-order chi connectivity index (χ0) is 28.8. The first-order valence-corrected chi connectivity index (χ1v) is 11.8. The predicted octanol–water partition coefficient (Wildman–Crippen LogP) is -3.16. The fraction of sp³-hybridized carbons (Fsp3) is 0.591. The zero-order valence-corrected chi connectivity index (χ0v) is 21.1. The van der Waals surface area contributed by atoms with E-state index in [0.717, 1.165) is 0 Å². The lowest BCUT2D eigenvalue weighted by atomic mass is 10.0. The van der Waals surface area contributed by atoms with Crippen LogP contribution in [0, 0.1) is 5.92 Å². The molecule has 0 aliphatic carbocycles. The van der Waals surface area contributed by atoms with Gasteiger partial charge in [-0.2, -0.15) is 0 Å². The summed E-state index contributed by atoms with van der Waals surface area (Å²) in [5.74, 6) is -5.90. The molecule has 1 heterocycles. The highest BCUT2D eigenvalue weighted by atomic mass is 16.4. The monoisotopic (exact) mass is 541 g/mol. The van der Waals surface area contributed by atoms with Crippen molar-refractivity contribution >= 4 is 35.6 Å². The summed E-state index contributed by atoms with van der Waals surface area (Å²) in [6.45, 7) is 2.33. The summed E-state index contributed by atoms with van der Waals surface area (Å²) in [4.78, 5) is 79.1. The maximum absolute atomic E-state index is 13.1. The molecule has 38 heavy (non-hydrogen) atoms. The fourth-order valence-corrected chi connectivity index (χ4v) is 3.25. The topological polar surface area (TPSA) is 266 Å². The lowest BCUT2D eigenvalue weighted by Crippen LogP contribution is -2.57. The van der Waals surface area contributed by atoms with Crippen molar-refractivity contribution in [3.63, 3.8) is 0 Å². The molecule has 1 rings (SSSR count). The maximum atomic E-state index is 13.1. The van der Waals surface area contributed by atoms with Crippen LogP contribution in [0.2, 0.25) is 0 Å². The molecule has 0 saturated carbocycles. The first kappa shape index (κ1) is 32.0. The minimum atomic E-state index is -1.68.